The lowest BCUT2D eigenvalue weighted by Crippen LogP contribution is -2.36. The fourth-order valence-electron chi connectivity index (χ4n) is 1.74. The summed E-state index contributed by atoms with van der Waals surface area (Å²) in [5, 5.41) is 0.0972. The van der Waals surface area contributed by atoms with Crippen LogP contribution in [0.4, 0.5) is 0 Å². The van der Waals surface area contributed by atoms with Crippen LogP contribution in [0, 0.1) is 0 Å². The third-order valence-electron chi connectivity index (χ3n) is 2.31. The molecule has 0 bridgehead atoms. The summed E-state index contributed by atoms with van der Waals surface area (Å²) in [7, 11) is 0. The van der Waals surface area contributed by atoms with Gasteiger partial charge in [-0.3, -0.25) is 4.90 Å². The first-order valence-corrected chi connectivity index (χ1v) is 4.89. The van der Waals surface area contributed by atoms with Crippen molar-refractivity contribution in [2.75, 3.05) is 25.4 Å². The van der Waals surface area contributed by atoms with Crippen molar-refractivity contribution in [3.8, 4) is 0 Å². The van der Waals surface area contributed by atoms with E-state index in [1.165, 1.54) is 12.3 Å². The zero-order valence-electron chi connectivity index (χ0n) is 6.30. The molecule has 2 rings (SSSR count). The second kappa shape index (κ2) is 2.40. The average Bonchev–Trinajstić information content (AvgIpc) is 2.42. The molecule has 0 saturated carbocycles. The quantitative estimate of drug-likeness (QED) is 0.569. The molecule has 0 aliphatic carbocycles. The maximum atomic E-state index is 5.70. The summed E-state index contributed by atoms with van der Waals surface area (Å²) in [6, 6.07) is 0. The summed E-state index contributed by atoms with van der Waals surface area (Å²) in [5.74, 6) is 1.24. The van der Waals surface area contributed by atoms with Crippen LogP contribution in [0.5, 0.6) is 0 Å². The second-order valence-corrected chi connectivity index (χ2v) is 4.09. The van der Waals surface area contributed by atoms with Gasteiger partial charge in [0.2, 0.25) is 0 Å². The molecular formula is C7H13NOS. The monoisotopic (exact) mass is 159 g/mol. The summed E-state index contributed by atoms with van der Waals surface area (Å²) < 4.78 is 5.70. The topological polar surface area (TPSA) is 12.5 Å². The first kappa shape index (κ1) is 6.95. The van der Waals surface area contributed by atoms with Gasteiger partial charge in [-0.15, -0.1) is 11.8 Å². The predicted octanol–water partition coefficient (Wildman–Crippen LogP) is 1.13. The van der Waals surface area contributed by atoms with E-state index >= 15 is 0 Å². The SMILES string of the molecule is CC[C@@]12OCCN1CCS2. The van der Waals surface area contributed by atoms with E-state index in [2.05, 4.69) is 11.8 Å². The van der Waals surface area contributed by atoms with Crippen molar-refractivity contribution < 1.29 is 4.74 Å². The van der Waals surface area contributed by atoms with Crippen molar-refractivity contribution in [3.63, 3.8) is 0 Å². The van der Waals surface area contributed by atoms with Crippen molar-refractivity contribution in [1.82, 2.24) is 4.90 Å². The highest BCUT2D eigenvalue weighted by Gasteiger charge is 2.44. The molecule has 0 radical (unpaired) electrons. The fraction of sp³-hybridized carbons (Fsp3) is 1.00. The van der Waals surface area contributed by atoms with E-state index in [-0.39, 0.29) is 5.06 Å². The van der Waals surface area contributed by atoms with Crippen molar-refractivity contribution in [3.05, 3.63) is 0 Å². The van der Waals surface area contributed by atoms with E-state index in [4.69, 9.17) is 4.74 Å². The van der Waals surface area contributed by atoms with E-state index in [9.17, 15) is 0 Å². The Kier molecular flexibility index (Phi) is 1.66. The highest BCUT2D eigenvalue weighted by molar-refractivity contribution is 8.00. The maximum Gasteiger partial charge on any atom is 0.169 e. The lowest BCUT2D eigenvalue weighted by Gasteiger charge is -2.27. The molecule has 0 aromatic carbocycles. The molecule has 58 valence electrons. The molecule has 0 aromatic rings. The van der Waals surface area contributed by atoms with Gasteiger partial charge in [-0.05, 0) is 6.42 Å². The van der Waals surface area contributed by atoms with Gasteiger partial charge in [-0.2, -0.15) is 0 Å². The highest BCUT2D eigenvalue weighted by Crippen LogP contribution is 2.42. The fourth-order valence-corrected chi connectivity index (χ4v) is 3.10. The van der Waals surface area contributed by atoms with Crippen molar-refractivity contribution in [2.45, 2.75) is 18.4 Å². The Balaban J connectivity index is 2.15. The van der Waals surface area contributed by atoms with Gasteiger partial charge in [0.1, 0.15) is 0 Å². The molecule has 2 aliphatic rings. The molecule has 0 aromatic heterocycles. The second-order valence-electron chi connectivity index (χ2n) is 2.75. The average molecular weight is 159 g/mol. The number of rotatable bonds is 1. The third kappa shape index (κ3) is 0.807. The molecule has 2 heterocycles. The third-order valence-corrected chi connectivity index (χ3v) is 3.81. The molecule has 2 nitrogen and oxygen atoms in total. The largest absolute Gasteiger partial charge is 0.350 e. The molecule has 2 saturated heterocycles. The van der Waals surface area contributed by atoms with Crippen LogP contribution in [-0.4, -0.2) is 35.4 Å². The van der Waals surface area contributed by atoms with Gasteiger partial charge in [0, 0.05) is 18.8 Å². The van der Waals surface area contributed by atoms with Crippen molar-refractivity contribution in [1.29, 1.82) is 0 Å². The standard InChI is InChI=1S/C7H13NOS/c1-2-7-8(3-5-9-7)4-6-10-7/h2-6H2,1H3/t7-/m0/s1. The minimum absolute atomic E-state index is 0.0972. The molecule has 0 unspecified atom stereocenters. The molecule has 2 aliphatic heterocycles. The normalized spacial score (nSPS) is 40.5. The number of fused-ring (bicyclic) bond motifs is 1. The Morgan fingerprint density at radius 2 is 2.50 bits per heavy atom. The first-order chi connectivity index (χ1) is 4.87. The Bertz CT molecular complexity index is 130. The minimum Gasteiger partial charge on any atom is -0.350 e. The molecule has 0 amide bonds. The van der Waals surface area contributed by atoms with Gasteiger partial charge in [-0.25, -0.2) is 0 Å². The van der Waals surface area contributed by atoms with Crippen LogP contribution in [0.25, 0.3) is 0 Å². The number of thioether (sulfide) groups is 1. The van der Waals surface area contributed by atoms with Gasteiger partial charge in [0.15, 0.2) is 5.06 Å². The molecule has 10 heavy (non-hydrogen) atoms. The Labute approximate surface area is 65.9 Å². The van der Waals surface area contributed by atoms with E-state index in [0.717, 1.165) is 19.6 Å². The lowest BCUT2D eigenvalue weighted by atomic mass is 10.4. The first-order valence-electron chi connectivity index (χ1n) is 3.90. The van der Waals surface area contributed by atoms with Gasteiger partial charge in [-0.1, -0.05) is 6.92 Å². The van der Waals surface area contributed by atoms with E-state index in [1.54, 1.807) is 0 Å². The minimum atomic E-state index is 0.0972. The van der Waals surface area contributed by atoms with Crippen molar-refractivity contribution in [2.24, 2.45) is 0 Å². The summed E-state index contributed by atoms with van der Waals surface area (Å²) >= 11 is 1.96. The predicted molar refractivity (Wildman–Crippen MR) is 43.0 cm³/mol. The van der Waals surface area contributed by atoms with Crippen molar-refractivity contribution >= 4 is 11.8 Å². The highest BCUT2D eigenvalue weighted by atomic mass is 32.2. The van der Waals surface area contributed by atoms with E-state index < -0.39 is 0 Å². The zero-order chi connectivity index (χ0) is 7.03. The van der Waals surface area contributed by atoms with Gasteiger partial charge in [0.25, 0.3) is 0 Å². The van der Waals surface area contributed by atoms with Crippen LogP contribution >= 0.6 is 11.8 Å². The van der Waals surface area contributed by atoms with E-state index in [1.807, 2.05) is 11.8 Å². The molecule has 3 heteroatoms. The van der Waals surface area contributed by atoms with Gasteiger partial charge >= 0.3 is 0 Å². The molecule has 1 atom stereocenters. The number of ether oxygens (including phenoxy) is 1. The van der Waals surface area contributed by atoms with Crippen LogP contribution in [0.15, 0.2) is 0 Å². The molecular weight excluding hydrogens is 146 g/mol. The smallest absolute Gasteiger partial charge is 0.169 e. The lowest BCUT2D eigenvalue weighted by molar-refractivity contribution is 0.00888. The van der Waals surface area contributed by atoms with Gasteiger partial charge in [0.05, 0.1) is 6.61 Å². The van der Waals surface area contributed by atoms with Crippen LogP contribution in [0.1, 0.15) is 13.3 Å². The van der Waals surface area contributed by atoms with Crippen LogP contribution in [0.2, 0.25) is 0 Å². The molecule has 0 spiro atoms. The maximum absolute atomic E-state index is 5.70. The van der Waals surface area contributed by atoms with Crippen LogP contribution in [0.3, 0.4) is 0 Å². The number of hydrogen-bond acceptors (Lipinski definition) is 3. The van der Waals surface area contributed by atoms with E-state index in [0.29, 0.717) is 0 Å². The Hall–Kier alpha value is 0.270. The summed E-state index contributed by atoms with van der Waals surface area (Å²) in [6.07, 6.45) is 1.12. The molecule has 2 fully saturated rings. The zero-order valence-corrected chi connectivity index (χ0v) is 7.12. The molecule has 0 N–H and O–H groups in total. The number of nitrogens with zero attached hydrogens (tertiary/aromatic N) is 1. The summed E-state index contributed by atoms with van der Waals surface area (Å²) in [6.45, 7) is 5.50. The van der Waals surface area contributed by atoms with Gasteiger partial charge < -0.3 is 4.74 Å². The number of hydrogen-bond donors (Lipinski definition) is 0. The van der Waals surface area contributed by atoms with Crippen LogP contribution in [-0.2, 0) is 4.74 Å². The summed E-state index contributed by atoms with van der Waals surface area (Å²) in [4.78, 5) is 2.46. The Morgan fingerprint density at radius 1 is 1.60 bits per heavy atom. The van der Waals surface area contributed by atoms with Crippen LogP contribution < -0.4 is 0 Å². The Morgan fingerprint density at radius 3 is 3.20 bits per heavy atom. The summed E-state index contributed by atoms with van der Waals surface area (Å²) in [5.41, 5.74) is 0.